The zero-order valence-electron chi connectivity index (χ0n) is 14.2. The third-order valence-electron chi connectivity index (χ3n) is 3.29. The van der Waals surface area contributed by atoms with Crippen LogP contribution in [0.3, 0.4) is 0 Å². The number of benzene rings is 2. The van der Waals surface area contributed by atoms with Crippen molar-refractivity contribution in [1.29, 1.82) is 0 Å². The normalized spacial score (nSPS) is 10.9. The summed E-state index contributed by atoms with van der Waals surface area (Å²) in [5, 5.41) is -0.00567. The number of hydrogen-bond donors (Lipinski definition) is 0. The summed E-state index contributed by atoms with van der Waals surface area (Å²) in [4.78, 5) is 23.0. The monoisotopic (exact) mass is 397 g/mol. The molecule has 2 aromatic carbocycles. The van der Waals surface area contributed by atoms with Gasteiger partial charge in [0.05, 0.1) is 22.7 Å². The van der Waals surface area contributed by atoms with Crippen molar-refractivity contribution in [1.82, 2.24) is 0 Å². The Bertz CT molecular complexity index is 940. The molecule has 1 amide bonds. The van der Waals surface area contributed by atoms with E-state index in [0.717, 1.165) is 6.92 Å². The standard InChI is InChI=1S/C17H16ClNO6S/c1-11(20)19(13-4-9-17(16(18)10-13)25-12(2)21)26(22,23)15-7-5-14(24-3)6-8-15/h4-10H,1-3H3. The first-order chi connectivity index (χ1) is 12.2. The number of carbonyl (C=O) groups is 2. The molecular formula is C17H16ClNO6S. The number of halogens is 1. The number of rotatable bonds is 5. The summed E-state index contributed by atoms with van der Waals surface area (Å²) in [5.41, 5.74) is 0.0224. The molecular weight excluding hydrogens is 382 g/mol. The van der Waals surface area contributed by atoms with E-state index in [-0.39, 0.29) is 21.4 Å². The third-order valence-corrected chi connectivity index (χ3v) is 5.40. The van der Waals surface area contributed by atoms with Gasteiger partial charge in [0, 0.05) is 13.8 Å². The molecule has 0 fully saturated rings. The number of nitrogens with zero attached hydrogens (tertiary/aromatic N) is 1. The molecule has 0 radical (unpaired) electrons. The molecule has 2 rings (SSSR count). The van der Waals surface area contributed by atoms with Gasteiger partial charge in [0.2, 0.25) is 5.91 Å². The summed E-state index contributed by atoms with van der Waals surface area (Å²) in [7, 11) is -2.71. The molecule has 0 unspecified atom stereocenters. The van der Waals surface area contributed by atoms with Crippen molar-refractivity contribution in [2.75, 3.05) is 11.4 Å². The Morgan fingerprint density at radius 1 is 1.04 bits per heavy atom. The maximum absolute atomic E-state index is 12.9. The molecule has 138 valence electrons. The van der Waals surface area contributed by atoms with Crippen molar-refractivity contribution in [2.24, 2.45) is 0 Å². The topological polar surface area (TPSA) is 90.0 Å². The summed E-state index contributed by atoms with van der Waals surface area (Å²) in [6.07, 6.45) is 0. The van der Waals surface area contributed by atoms with Crippen LogP contribution in [0.4, 0.5) is 5.69 Å². The number of hydrogen-bond acceptors (Lipinski definition) is 6. The van der Waals surface area contributed by atoms with Gasteiger partial charge in [-0.15, -0.1) is 0 Å². The summed E-state index contributed by atoms with van der Waals surface area (Å²) in [6, 6.07) is 9.50. The highest BCUT2D eigenvalue weighted by Crippen LogP contribution is 2.32. The summed E-state index contributed by atoms with van der Waals surface area (Å²) >= 11 is 6.03. The number of ether oxygens (including phenoxy) is 2. The van der Waals surface area contributed by atoms with E-state index in [9.17, 15) is 18.0 Å². The Balaban J connectivity index is 2.49. The van der Waals surface area contributed by atoms with E-state index < -0.39 is 21.9 Å². The van der Waals surface area contributed by atoms with Crippen LogP contribution in [0.15, 0.2) is 47.4 Å². The zero-order valence-corrected chi connectivity index (χ0v) is 15.8. The lowest BCUT2D eigenvalue weighted by molar-refractivity contribution is -0.131. The van der Waals surface area contributed by atoms with Crippen LogP contribution in [0.5, 0.6) is 11.5 Å². The molecule has 0 saturated heterocycles. The largest absolute Gasteiger partial charge is 0.497 e. The van der Waals surface area contributed by atoms with Crippen LogP contribution in [0.25, 0.3) is 0 Å². The average Bonchev–Trinajstić information content (AvgIpc) is 2.56. The van der Waals surface area contributed by atoms with Crippen molar-refractivity contribution < 1.29 is 27.5 Å². The molecule has 26 heavy (non-hydrogen) atoms. The maximum atomic E-state index is 12.9. The second kappa shape index (κ2) is 7.76. The van der Waals surface area contributed by atoms with Gasteiger partial charge in [0.15, 0.2) is 0 Å². The number of methoxy groups -OCH3 is 1. The van der Waals surface area contributed by atoms with Gasteiger partial charge in [-0.25, -0.2) is 12.7 Å². The Labute approximate surface area is 156 Å². The lowest BCUT2D eigenvalue weighted by Crippen LogP contribution is -2.35. The molecule has 0 bridgehead atoms. The average molecular weight is 398 g/mol. The maximum Gasteiger partial charge on any atom is 0.308 e. The Hall–Kier alpha value is -2.58. The minimum Gasteiger partial charge on any atom is -0.497 e. The molecule has 0 aliphatic rings. The van der Waals surface area contributed by atoms with Crippen LogP contribution >= 0.6 is 11.6 Å². The molecule has 0 aliphatic heterocycles. The quantitative estimate of drug-likeness (QED) is 0.569. The number of carbonyl (C=O) groups excluding carboxylic acids is 2. The Morgan fingerprint density at radius 2 is 1.65 bits per heavy atom. The van der Waals surface area contributed by atoms with Gasteiger partial charge in [-0.2, -0.15) is 0 Å². The van der Waals surface area contributed by atoms with E-state index in [1.54, 1.807) is 0 Å². The van der Waals surface area contributed by atoms with E-state index in [2.05, 4.69) is 0 Å². The minimum absolute atomic E-state index is 0.00567. The fraction of sp³-hybridized carbons (Fsp3) is 0.176. The fourth-order valence-corrected chi connectivity index (χ4v) is 3.83. The van der Waals surface area contributed by atoms with Crippen LogP contribution in [0, 0.1) is 0 Å². The summed E-state index contributed by atoms with van der Waals surface area (Å²) in [5.74, 6) is -0.758. The number of amides is 1. The predicted molar refractivity (Wildman–Crippen MR) is 96.1 cm³/mol. The van der Waals surface area contributed by atoms with Gasteiger partial charge in [0.25, 0.3) is 10.0 Å². The van der Waals surface area contributed by atoms with Crippen LogP contribution < -0.4 is 13.8 Å². The van der Waals surface area contributed by atoms with Gasteiger partial charge in [-0.05, 0) is 42.5 Å². The first kappa shape index (κ1) is 19.7. The van der Waals surface area contributed by atoms with Crippen LogP contribution in [0.1, 0.15) is 13.8 Å². The molecule has 0 heterocycles. The second-order valence-electron chi connectivity index (χ2n) is 5.17. The van der Waals surface area contributed by atoms with E-state index in [1.807, 2.05) is 0 Å². The van der Waals surface area contributed by atoms with Gasteiger partial charge in [0.1, 0.15) is 11.5 Å². The lowest BCUT2D eigenvalue weighted by Gasteiger charge is -2.22. The Kier molecular flexibility index (Phi) is 5.89. The highest BCUT2D eigenvalue weighted by Gasteiger charge is 2.29. The number of anilines is 1. The van der Waals surface area contributed by atoms with E-state index in [1.165, 1.54) is 56.5 Å². The van der Waals surface area contributed by atoms with E-state index >= 15 is 0 Å². The third kappa shape index (κ3) is 4.14. The van der Waals surface area contributed by atoms with Crippen molar-refractivity contribution in [2.45, 2.75) is 18.7 Å². The molecule has 0 N–H and O–H groups in total. The first-order valence-electron chi connectivity index (χ1n) is 7.34. The molecule has 0 spiro atoms. The van der Waals surface area contributed by atoms with Gasteiger partial charge >= 0.3 is 5.97 Å². The second-order valence-corrected chi connectivity index (χ2v) is 7.37. The number of sulfonamides is 1. The molecule has 9 heteroatoms. The van der Waals surface area contributed by atoms with Gasteiger partial charge < -0.3 is 9.47 Å². The fourth-order valence-electron chi connectivity index (χ4n) is 2.20. The zero-order chi connectivity index (χ0) is 19.5. The summed E-state index contributed by atoms with van der Waals surface area (Å²) in [6.45, 7) is 2.33. The van der Waals surface area contributed by atoms with Crippen LogP contribution in [-0.4, -0.2) is 27.4 Å². The smallest absolute Gasteiger partial charge is 0.308 e. The molecule has 0 atom stereocenters. The molecule has 0 aliphatic carbocycles. The van der Waals surface area contributed by atoms with Gasteiger partial charge in [-0.1, -0.05) is 11.6 Å². The van der Waals surface area contributed by atoms with Crippen molar-refractivity contribution >= 4 is 39.2 Å². The lowest BCUT2D eigenvalue weighted by atomic mass is 10.3. The minimum atomic E-state index is -4.17. The first-order valence-corrected chi connectivity index (χ1v) is 9.16. The molecule has 0 saturated carbocycles. The summed E-state index contributed by atoms with van der Waals surface area (Å²) < 4.78 is 36.3. The molecule has 2 aromatic rings. The highest BCUT2D eigenvalue weighted by molar-refractivity contribution is 7.93. The SMILES string of the molecule is COc1ccc(S(=O)(=O)N(C(C)=O)c2ccc(OC(C)=O)c(Cl)c2)cc1. The predicted octanol–water partition coefficient (Wildman–Crippen LogP) is 3.02. The van der Waals surface area contributed by atoms with E-state index in [0.29, 0.717) is 10.1 Å². The van der Waals surface area contributed by atoms with E-state index in [4.69, 9.17) is 21.1 Å². The Morgan fingerprint density at radius 3 is 2.12 bits per heavy atom. The van der Waals surface area contributed by atoms with Crippen LogP contribution in [-0.2, 0) is 19.6 Å². The van der Waals surface area contributed by atoms with Crippen molar-refractivity contribution in [3.05, 3.63) is 47.5 Å². The molecule has 7 nitrogen and oxygen atoms in total. The number of esters is 1. The van der Waals surface area contributed by atoms with Crippen LogP contribution in [0.2, 0.25) is 5.02 Å². The molecule has 0 aromatic heterocycles. The van der Waals surface area contributed by atoms with Crippen molar-refractivity contribution in [3.63, 3.8) is 0 Å². The van der Waals surface area contributed by atoms with Gasteiger partial charge in [-0.3, -0.25) is 9.59 Å². The highest BCUT2D eigenvalue weighted by atomic mass is 35.5. The van der Waals surface area contributed by atoms with Crippen molar-refractivity contribution in [3.8, 4) is 11.5 Å².